The summed E-state index contributed by atoms with van der Waals surface area (Å²) in [6, 6.07) is 0. The predicted molar refractivity (Wildman–Crippen MR) is 77.4 cm³/mol. The molecule has 22 heteroatoms. The molecule has 0 rings (SSSR count). The summed E-state index contributed by atoms with van der Waals surface area (Å²) in [4.78, 5) is 52.9. The Morgan fingerprint density at radius 1 is 0.556 bits per heavy atom. The van der Waals surface area contributed by atoms with Gasteiger partial charge in [-0.05, 0) is 0 Å². The summed E-state index contributed by atoms with van der Waals surface area (Å²) in [5, 5.41) is 16.4. The van der Waals surface area contributed by atoms with Gasteiger partial charge in [-0.2, -0.15) is 0 Å². The van der Waals surface area contributed by atoms with Crippen molar-refractivity contribution in [2.75, 3.05) is 26.4 Å². The molecule has 2 unspecified atom stereocenters. The Morgan fingerprint density at radius 2 is 0.815 bits per heavy atom. The molecule has 0 saturated heterocycles. The molecule has 0 aromatic heterocycles. The van der Waals surface area contributed by atoms with Crippen LogP contribution in [0.25, 0.3) is 0 Å². The first-order chi connectivity index (χ1) is 11.9. The van der Waals surface area contributed by atoms with E-state index in [0.29, 0.717) is 0 Å². The number of hydrogen-bond acceptors (Lipinski definition) is 12. The van der Waals surface area contributed by atoms with Crippen LogP contribution in [0.15, 0.2) is 0 Å². The lowest BCUT2D eigenvalue weighted by molar-refractivity contribution is -0.171. The van der Waals surface area contributed by atoms with Gasteiger partial charge in [-0.3, -0.25) is 18.1 Å². The maximum atomic E-state index is 11.2. The molecule has 0 fully saturated rings. The summed E-state index contributed by atoms with van der Waals surface area (Å²) in [5.74, 6) is 0. The summed E-state index contributed by atoms with van der Waals surface area (Å²) >= 11 is 0. The number of hydrogen-bond donors (Lipinski definition) is 8. The number of phosphoric acid groups is 4. The second-order valence-corrected chi connectivity index (χ2v) is 9.87. The van der Waals surface area contributed by atoms with E-state index in [2.05, 4.69) is 27.4 Å². The van der Waals surface area contributed by atoms with Crippen LogP contribution < -0.4 is 0 Å². The van der Waals surface area contributed by atoms with Crippen LogP contribution in [0.5, 0.6) is 0 Å². The van der Waals surface area contributed by atoms with Crippen molar-refractivity contribution in [3.8, 4) is 0 Å². The van der Waals surface area contributed by atoms with E-state index >= 15 is 0 Å². The van der Waals surface area contributed by atoms with Gasteiger partial charge in [-0.25, -0.2) is 28.8 Å². The van der Waals surface area contributed by atoms with Gasteiger partial charge in [-0.15, -0.1) is 9.35 Å². The van der Waals surface area contributed by atoms with E-state index in [9.17, 15) is 18.3 Å². The number of phosphoric ester groups is 4. The lowest BCUT2D eigenvalue weighted by Crippen LogP contribution is -2.40. The van der Waals surface area contributed by atoms with Gasteiger partial charge in [-0.1, -0.05) is 0 Å². The molecule has 0 heterocycles. The van der Waals surface area contributed by atoms with E-state index < -0.39 is 63.1 Å². The highest BCUT2D eigenvalue weighted by molar-refractivity contribution is 7.47. The van der Waals surface area contributed by atoms with Crippen LogP contribution in [-0.2, 0) is 45.7 Å². The molecule has 164 valence electrons. The highest BCUT2D eigenvalue weighted by Gasteiger charge is 2.42. The van der Waals surface area contributed by atoms with Gasteiger partial charge in [0.05, 0.1) is 31.8 Å². The zero-order chi connectivity index (χ0) is 21.6. The van der Waals surface area contributed by atoms with Crippen LogP contribution in [0.3, 0.4) is 0 Å². The topological polar surface area (TPSA) is 286 Å². The molecule has 0 aromatic rings. The molecule has 18 nitrogen and oxygen atoms in total. The van der Waals surface area contributed by atoms with Gasteiger partial charge in [0.25, 0.3) is 0 Å². The molecule has 0 amide bonds. The highest BCUT2D eigenvalue weighted by atomic mass is 31.2. The molecule has 0 aromatic carbocycles. The van der Waals surface area contributed by atoms with Gasteiger partial charge < -0.3 is 29.4 Å². The van der Waals surface area contributed by atoms with Gasteiger partial charge >= 0.3 is 31.3 Å². The van der Waals surface area contributed by atoms with Gasteiger partial charge in [0, 0.05) is 0 Å². The van der Waals surface area contributed by atoms with Crippen molar-refractivity contribution >= 4 is 31.3 Å². The summed E-state index contributed by atoms with van der Waals surface area (Å²) in [7, 11) is -20.9. The summed E-state index contributed by atoms with van der Waals surface area (Å²) < 4.78 is 66.7. The molecule has 0 aliphatic rings. The average Bonchev–Trinajstić information content (AvgIpc) is 2.52. The first-order valence-electron chi connectivity index (χ1n) is 5.96. The molecule has 8 N–H and O–H groups in total. The van der Waals surface area contributed by atoms with Crippen molar-refractivity contribution < 1.29 is 85.6 Å². The van der Waals surface area contributed by atoms with Crippen molar-refractivity contribution in [3.63, 3.8) is 0 Å². The van der Waals surface area contributed by atoms with E-state index in [-0.39, 0.29) is 0 Å². The number of rotatable bonds is 14. The highest BCUT2D eigenvalue weighted by Crippen LogP contribution is 2.49. The smallest absolute Gasteiger partial charge is 0.303 e. The van der Waals surface area contributed by atoms with Crippen molar-refractivity contribution in [1.82, 2.24) is 0 Å². The van der Waals surface area contributed by atoms with Crippen LogP contribution in [0.2, 0.25) is 0 Å². The third-order valence-electron chi connectivity index (χ3n) is 2.35. The first kappa shape index (κ1) is 27.4. The Morgan fingerprint density at radius 3 is 1.04 bits per heavy atom. The van der Waals surface area contributed by atoms with Gasteiger partial charge in [0.15, 0.2) is 0 Å². The second-order valence-electron chi connectivity index (χ2n) is 4.68. The summed E-state index contributed by atoms with van der Waals surface area (Å²) in [5.41, 5.74) is -2.39. The molecule has 0 aliphatic carbocycles. The third kappa shape index (κ3) is 13.2. The molecule has 0 bridgehead atoms. The lowest BCUT2D eigenvalue weighted by atomic mass is 9.93. The fourth-order valence-corrected chi connectivity index (χ4v) is 3.03. The van der Waals surface area contributed by atoms with Gasteiger partial charge in [0.1, 0.15) is 0 Å². The minimum atomic E-state index is -5.25. The fourth-order valence-electron chi connectivity index (χ4n) is 1.18. The van der Waals surface area contributed by atoms with Crippen molar-refractivity contribution in [2.24, 2.45) is 5.41 Å². The minimum Gasteiger partial charge on any atom is -0.303 e. The monoisotopic (exact) mass is 488 g/mol. The Bertz CT molecular complexity index is 590. The Balaban J connectivity index is 5.69. The van der Waals surface area contributed by atoms with E-state index in [1.54, 1.807) is 0 Å². The van der Waals surface area contributed by atoms with E-state index in [0.717, 1.165) is 0 Å². The van der Waals surface area contributed by atoms with E-state index in [1.165, 1.54) is 0 Å². The molecule has 0 spiro atoms. The maximum absolute atomic E-state index is 11.2. The third-order valence-corrected chi connectivity index (χ3v) is 4.61. The predicted octanol–water partition coefficient (Wildman–Crippen LogP) is -0.595. The van der Waals surface area contributed by atoms with Crippen molar-refractivity contribution in [1.29, 1.82) is 0 Å². The first-order valence-corrected chi connectivity index (χ1v) is 12.0. The Kier molecular flexibility index (Phi) is 10.5. The summed E-state index contributed by atoms with van der Waals surface area (Å²) in [6.45, 7) is -5.25. The minimum absolute atomic E-state index is 1.31. The maximum Gasteiger partial charge on any atom is 0.499 e. The standard InChI is InChI=1S/C5H16O18P4/c6-22-26(14,15)20-3-5(1-18-24(8,9)10,2-19-25(11,12)13)4-21-27(16,17)23-7/h6-7H,1-4H2,(H,14,15)(H,16,17)(H2,8,9,10)(H2,11,12,13). The average molecular weight is 488 g/mol. The SMILES string of the molecule is O=P(O)(O)OCC(COP(=O)(O)O)(COP(=O)(O)OO)COP(=O)(O)OO. The molecule has 0 aliphatic heterocycles. The normalized spacial score (nSPS) is 18.1. The molecule has 27 heavy (non-hydrogen) atoms. The van der Waals surface area contributed by atoms with E-state index in [4.69, 9.17) is 39.9 Å². The van der Waals surface area contributed by atoms with Gasteiger partial charge in [0.2, 0.25) is 0 Å². The van der Waals surface area contributed by atoms with Crippen LogP contribution in [0.1, 0.15) is 0 Å². The zero-order valence-electron chi connectivity index (χ0n) is 12.8. The lowest BCUT2D eigenvalue weighted by Gasteiger charge is -2.32. The zero-order valence-corrected chi connectivity index (χ0v) is 16.4. The van der Waals surface area contributed by atoms with Crippen LogP contribution in [-0.4, -0.2) is 66.3 Å². The largest absolute Gasteiger partial charge is 0.499 e. The Labute approximate surface area is 149 Å². The van der Waals surface area contributed by atoms with Crippen molar-refractivity contribution in [3.05, 3.63) is 0 Å². The fraction of sp³-hybridized carbons (Fsp3) is 1.00. The second kappa shape index (κ2) is 10.4. The van der Waals surface area contributed by atoms with Crippen molar-refractivity contribution in [2.45, 2.75) is 0 Å². The molecular weight excluding hydrogens is 472 g/mol. The molecule has 0 radical (unpaired) electrons. The Hall–Kier alpha value is 0.360. The molecular formula is C5H16O18P4. The van der Waals surface area contributed by atoms with Crippen LogP contribution in [0, 0.1) is 5.41 Å². The molecule has 0 saturated carbocycles. The molecule has 2 atom stereocenters. The quantitative estimate of drug-likeness (QED) is 0.0860. The van der Waals surface area contributed by atoms with Crippen LogP contribution >= 0.6 is 31.3 Å². The summed E-state index contributed by atoms with van der Waals surface area (Å²) in [6.07, 6.45) is 0. The van der Waals surface area contributed by atoms with E-state index in [1.807, 2.05) is 0 Å². The van der Waals surface area contributed by atoms with Crippen LogP contribution in [0.4, 0.5) is 0 Å².